The van der Waals surface area contributed by atoms with Gasteiger partial charge in [-0.2, -0.15) is 0 Å². The lowest BCUT2D eigenvalue weighted by molar-refractivity contribution is -0.127. The van der Waals surface area contributed by atoms with Crippen LogP contribution in [0.15, 0.2) is 52.8 Å². The Kier molecular flexibility index (Phi) is 9.93. The summed E-state index contributed by atoms with van der Waals surface area (Å²) in [6, 6.07) is 6.25. The molecular formula is C23H33NO3S2. The van der Waals surface area contributed by atoms with Gasteiger partial charge in [-0.25, -0.2) is 8.42 Å². The number of amides is 1. The molecule has 0 fully saturated rings. The van der Waals surface area contributed by atoms with Gasteiger partial charge in [0.15, 0.2) is 9.84 Å². The summed E-state index contributed by atoms with van der Waals surface area (Å²) < 4.78 is 22.8. The Hall–Kier alpha value is -1.79. The Morgan fingerprint density at radius 3 is 2.45 bits per heavy atom. The van der Waals surface area contributed by atoms with Gasteiger partial charge in [0.2, 0.25) is 5.91 Å². The van der Waals surface area contributed by atoms with Crippen LogP contribution in [0.25, 0.3) is 0 Å². The molecule has 0 saturated carbocycles. The Bertz CT molecular complexity index is 897. The van der Waals surface area contributed by atoms with Crippen molar-refractivity contribution in [1.29, 1.82) is 0 Å². The number of hydrogen-bond donors (Lipinski definition) is 0. The molecule has 1 amide bonds. The van der Waals surface area contributed by atoms with Gasteiger partial charge in [-0.15, -0.1) is 11.8 Å². The predicted octanol–water partition coefficient (Wildman–Crippen LogP) is 5.05. The van der Waals surface area contributed by atoms with E-state index in [2.05, 4.69) is 51.0 Å². The smallest absolute Gasteiger partial charge is 0.249 e. The number of carbonyl (C=O) groups is 1. The lowest BCUT2D eigenvalue weighted by atomic mass is 9.97. The van der Waals surface area contributed by atoms with E-state index in [1.54, 1.807) is 11.8 Å². The number of aryl methyl sites for hydroxylation is 1. The molecule has 1 aromatic carbocycles. The van der Waals surface area contributed by atoms with E-state index in [1.165, 1.54) is 17.2 Å². The Morgan fingerprint density at radius 1 is 1.28 bits per heavy atom. The molecule has 0 saturated heterocycles. The number of fused-ring (bicyclic) bond motifs is 1. The molecule has 6 heteroatoms. The van der Waals surface area contributed by atoms with Crippen LogP contribution in [0.4, 0.5) is 0 Å². The van der Waals surface area contributed by atoms with Gasteiger partial charge in [0.1, 0.15) is 0 Å². The lowest BCUT2D eigenvalue weighted by Crippen LogP contribution is -2.36. The van der Waals surface area contributed by atoms with Gasteiger partial charge in [-0.05, 0) is 49.8 Å². The quantitative estimate of drug-likeness (QED) is 0.480. The second-order valence-electron chi connectivity index (χ2n) is 7.47. The second kappa shape index (κ2) is 11.4. The zero-order valence-electron chi connectivity index (χ0n) is 18.4. The molecule has 29 heavy (non-hydrogen) atoms. The van der Waals surface area contributed by atoms with Crippen LogP contribution in [0, 0.1) is 6.92 Å². The Morgan fingerprint density at radius 2 is 1.93 bits per heavy atom. The molecule has 2 rings (SSSR count). The summed E-state index contributed by atoms with van der Waals surface area (Å²) in [6.07, 6.45) is 5.32. The average Bonchev–Trinajstić information content (AvgIpc) is 2.64. The number of hydrogen-bond acceptors (Lipinski definition) is 4. The average molecular weight is 436 g/mol. The number of nitrogens with zero attached hydrogens (tertiary/aromatic N) is 1. The monoisotopic (exact) mass is 435 g/mol. The third-order valence-electron chi connectivity index (χ3n) is 4.34. The molecule has 0 aromatic heterocycles. The van der Waals surface area contributed by atoms with Gasteiger partial charge in [0, 0.05) is 30.2 Å². The highest BCUT2D eigenvalue weighted by atomic mass is 32.2. The van der Waals surface area contributed by atoms with Gasteiger partial charge in [-0.1, -0.05) is 50.3 Å². The lowest BCUT2D eigenvalue weighted by Gasteiger charge is -2.29. The van der Waals surface area contributed by atoms with E-state index < -0.39 is 9.84 Å². The molecule has 1 aliphatic heterocycles. The highest BCUT2D eigenvalue weighted by Gasteiger charge is 2.22. The predicted molar refractivity (Wildman–Crippen MR) is 126 cm³/mol. The number of rotatable bonds is 5. The molecular weight excluding hydrogens is 402 g/mol. The van der Waals surface area contributed by atoms with Crippen LogP contribution in [-0.2, 0) is 27.6 Å². The molecule has 4 nitrogen and oxygen atoms in total. The van der Waals surface area contributed by atoms with Crippen molar-refractivity contribution < 1.29 is 13.2 Å². The van der Waals surface area contributed by atoms with Gasteiger partial charge in [-0.3, -0.25) is 4.79 Å². The minimum Gasteiger partial charge on any atom is -0.334 e. The molecule has 0 unspecified atom stereocenters. The first-order valence-electron chi connectivity index (χ1n) is 9.67. The van der Waals surface area contributed by atoms with Crippen molar-refractivity contribution in [2.24, 2.45) is 0 Å². The molecule has 0 radical (unpaired) electrons. The van der Waals surface area contributed by atoms with Crippen molar-refractivity contribution in [3.63, 3.8) is 0 Å². The largest absolute Gasteiger partial charge is 0.334 e. The van der Waals surface area contributed by atoms with E-state index in [0.717, 1.165) is 23.5 Å². The van der Waals surface area contributed by atoms with Crippen LogP contribution in [-0.4, -0.2) is 37.3 Å². The van der Waals surface area contributed by atoms with E-state index in [0.29, 0.717) is 18.7 Å². The first-order valence-corrected chi connectivity index (χ1v) is 12.5. The second-order valence-corrected chi connectivity index (χ2v) is 11.0. The van der Waals surface area contributed by atoms with Crippen LogP contribution in [0.2, 0.25) is 0 Å². The fraction of sp³-hybridized carbons (Fsp3) is 0.435. The van der Waals surface area contributed by atoms with Crippen LogP contribution >= 0.6 is 11.8 Å². The molecule has 1 heterocycles. The maximum Gasteiger partial charge on any atom is 0.249 e. The molecule has 160 valence electrons. The van der Waals surface area contributed by atoms with Crippen molar-refractivity contribution >= 4 is 27.5 Å². The fourth-order valence-electron chi connectivity index (χ4n) is 2.75. The number of allylic oxidation sites excluding steroid dienone is 2. The SMILES string of the molecule is C/C=C/SC(C)C.C=C(/C=C(\C)C(=O)N1CCc2cc(C)ccc2C1)S(C)(=O)=O. The van der Waals surface area contributed by atoms with Crippen molar-refractivity contribution in [3.8, 4) is 0 Å². The standard InChI is InChI=1S/C17H21NO3S.C6H12S/c1-12-5-6-16-11-18(8-7-15(16)9-12)17(19)13(2)10-14(3)22(4,20)21;1-4-5-7-6(2)3/h5-6,9-10H,3,7-8,11H2,1-2,4H3;4-6H,1-3H3/b13-10+;5-4+. The van der Waals surface area contributed by atoms with E-state index >= 15 is 0 Å². The van der Waals surface area contributed by atoms with Crippen LogP contribution < -0.4 is 0 Å². The Balaban J connectivity index is 0.000000516. The van der Waals surface area contributed by atoms with Crippen LogP contribution in [0.3, 0.4) is 0 Å². The summed E-state index contributed by atoms with van der Waals surface area (Å²) in [5.41, 5.74) is 4.05. The highest BCUT2D eigenvalue weighted by molar-refractivity contribution is 8.02. The van der Waals surface area contributed by atoms with Gasteiger partial charge in [0.25, 0.3) is 0 Å². The highest BCUT2D eigenvalue weighted by Crippen LogP contribution is 2.22. The van der Waals surface area contributed by atoms with Crippen LogP contribution in [0.1, 0.15) is 44.4 Å². The number of thioether (sulfide) groups is 1. The minimum absolute atomic E-state index is 0.0358. The molecule has 0 N–H and O–H groups in total. The fourth-order valence-corrected chi connectivity index (χ4v) is 3.61. The van der Waals surface area contributed by atoms with Gasteiger partial charge in [0.05, 0.1) is 4.91 Å². The maximum atomic E-state index is 12.5. The van der Waals surface area contributed by atoms with E-state index in [9.17, 15) is 13.2 Å². The molecule has 0 aliphatic carbocycles. The number of benzene rings is 1. The normalized spacial score (nSPS) is 14.4. The molecule has 0 spiro atoms. The van der Waals surface area contributed by atoms with E-state index in [-0.39, 0.29) is 10.8 Å². The minimum atomic E-state index is -3.36. The summed E-state index contributed by atoms with van der Waals surface area (Å²) in [4.78, 5) is 14.2. The summed E-state index contributed by atoms with van der Waals surface area (Å²) in [5, 5.41) is 2.85. The summed E-state index contributed by atoms with van der Waals surface area (Å²) in [7, 11) is -3.36. The van der Waals surface area contributed by atoms with Crippen molar-refractivity contribution in [2.75, 3.05) is 12.8 Å². The number of sulfone groups is 1. The molecule has 1 aromatic rings. The third kappa shape index (κ3) is 8.62. The van der Waals surface area contributed by atoms with Crippen molar-refractivity contribution in [2.45, 2.75) is 52.8 Å². The van der Waals surface area contributed by atoms with Gasteiger partial charge >= 0.3 is 0 Å². The summed E-state index contributed by atoms with van der Waals surface area (Å²) in [5.74, 6) is -0.143. The summed E-state index contributed by atoms with van der Waals surface area (Å²) >= 11 is 1.85. The van der Waals surface area contributed by atoms with Gasteiger partial charge < -0.3 is 4.90 Å². The number of carbonyl (C=O) groups excluding carboxylic acids is 1. The Labute approximate surface area is 180 Å². The van der Waals surface area contributed by atoms with E-state index in [1.807, 2.05) is 24.8 Å². The first-order chi connectivity index (χ1) is 13.5. The van der Waals surface area contributed by atoms with Crippen molar-refractivity contribution in [1.82, 2.24) is 4.90 Å². The van der Waals surface area contributed by atoms with E-state index in [4.69, 9.17) is 0 Å². The maximum absolute atomic E-state index is 12.5. The van der Waals surface area contributed by atoms with Crippen molar-refractivity contribution in [3.05, 3.63) is 69.5 Å². The van der Waals surface area contributed by atoms with Crippen LogP contribution in [0.5, 0.6) is 0 Å². The zero-order valence-corrected chi connectivity index (χ0v) is 20.0. The molecule has 0 atom stereocenters. The molecule has 1 aliphatic rings. The molecule has 0 bridgehead atoms. The summed E-state index contributed by atoms with van der Waals surface area (Å²) in [6.45, 7) is 14.8. The third-order valence-corrected chi connectivity index (χ3v) is 6.38. The topological polar surface area (TPSA) is 54.5 Å². The first kappa shape index (κ1) is 25.2. The zero-order chi connectivity index (χ0) is 22.2.